The molecule has 8 heteroatoms. The third-order valence-corrected chi connectivity index (χ3v) is 5.01. The molecule has 0 saturated carbocycles. The molecule has 25 heavy (non-hydrogen) atoms. The Morgan fingerprint density at radius 2 is 1.88 bits per heavy atom. The summed E-state index contributed by atoms with van der Waals surface area (Å²) >= 11 is 0. The maximum atomic E-state index is 13.7. The van der Waals surface area contributed by atoms with Crippen molar-refractivity contribution < 1.29 is 26.5 Å². The van der Waals surface area contributed by atoms with E-state index in [9.17, 15) is 17.6 Å². The molecule has 0 aromatic heterocycles. The van der Waals surface area contributed by atoms with Crippen LogP contribution in [0.5, 0.6) is 0 Å². The Labute approximate surface area is 148 Å². The van der Waals surface area contributed by atoms with Crippen LogP contribution in [0.1, 0.15) is 32.8 Å². The van der Waals surface area contributed by atoms with Crippen LogP contribution < -0.4 is 0 Å². The highest BCUT2D eigenvalue weighted by atomic mass is 32.2. The standard InChI is InChI=1S/C17H24FNO5S/c1-12-5-7-15(8-6-12)25(21,22)23-11-14-9-13(18)10-19(14)16(20)24-17(2,3)4/h5-8,13-14H,9-11H2,1-4H3/t13-,14+/m1/s1. The number of carbonyl (C=O) groups excluding carboxylic acids is 1. The molecule has 1 saturated heterocycles. The Kier molecular flexibility index (Phi) is 5.73. The van der Waals surface area contributed by atoms with Crippen LogP contribution in [0.3, 0.4) is 0 Å². The van der Waals surface area contributed by atoms with Crippen molar-refractivity contribution in [1.29, 1.82) is 0 Å². The summed E-state index contributed by atoms with van der Waals surface area (Å²) in [5, 5.41) is 0. The molecule has 0 N–H and O–H groups in total. The Morgan fingerprint density at radius 3 is 2.44 bits per heavy atom. The molecule has 1 aliphatic heterocycles. The summed E-state index contributed by atoms with van der Waals surface area (Å²) in [6, 6.07) is 5.53. The lowest BCUT2D eigenvalue weighted by Crippen LogP contribution is -2.42. The maximum absolute atomic E-state index is 13.7. The monoisotopic (exact) mass is 373 g/mol. The molecule has 1 aliphatic rings. The van der Waals surface area contributed by atoms with Gasteiger partial charge in [0.2, 0.25) is 0 Å². The SMILES string of the molecule is Cc1ccc(S(=O)(=O)OC[C@@H]2C[C@@H](F)CN2C(=O)OC(C)(C)C)cc1. The zero-order chi connectivity index (χ0) is 18.8. The van der Waals surface area contributed by atoms with Crippen LogP contribution in [-0.2, 0) is 19.0 Å². The fraction of sp³-hybridized carbons (Fsp3) is 0.588. The molecule has 140 valence electrons. The number of alkyl halides is 1. The van der Waals surface area contributed by atoms with E-state index in [1.807, 2.05) is 6.92 Å². The van der Waals surface area contributed by atoms with E-state index in [1.165, 1.54) is 17.0 Å². The van der Waals surface area contributed by atoms with E-state index in [4.69, 9.17) is 8.92 Å². The minimum Gasteiger partial charge on any atom is -0.444 e. The first-order chi connectivity index (χ1) is 11.5. The van der Waals surface area contributed by atoms with E-state index in [0.29, 0.717) is 0 Å². The zero-order valence-electron chi connectivity index (χ0n) is 14.9. The zero-order valence-corrected chi connectivity index (χ0v) is 15.7. The molecule has 2 rings (SSSR count). The summed E-state index contributed by atoms with van der Waals surface area (Å²) in [5.41, 5.74) is 0.205. The lowest BCUT2D eigenvalue weighted by molar-refractivity contribution is 0.0182. The van der Waals surface area contributed by atoms with Crippen molar-refractivity contribution in [3.8, 4) is 0 Å². The third kappa shape index (κ3) is 5.40. The molecule has 1 aromatic rings. The fourth-order valence-electron chi connectivity index (χ4n) is 2.50. The number of halogens is 1. The summed E-state index contributed by atoms with van der Waals surface area (Å²) in [7, 11) is -3.97. The molecule has 2 atom stereocenters. The van der Waals surface area contributed by atoms with Crippen molar-refractivity contribution in [2.45, 2.75) is 56.8 Å². The van der Waals surface area contributed by atoms with Crippen molar-refractivity contribution >= 4 is 16.2 Å². The lowest BCUT2D eigenvalue weighted by Gasteiger charge is -2.28. The number of hydrogen-bond acceptors (Lipinski definition) is 5. The molecule has 0 spiro atoms. The Hall–Kier alpha value is -1.67. The van der Waals surface area contributed by atoms with E-state index in [2.05, 4.69) is 0 Å². The van der Waals surface area contributed by atoms with E-state index < -0.39 is 34.0 Å². The van der Waals surface area contributed by atoms with Gasteiger partial charge in [-0.25, -0.2) is 9.18 Å². The smallest absolute Gasteiger partial charge is 0.410 e. The predicted octanol–water partition coefficient (Wildman–Crippen LogP) is 3.05. The quantitative estimate of drug-likeness (QED) is 0.759. The number of ether oxygens (including phenoxy) is 1. The minimum absolute atomic E-state index is 0.0165. The summed E-state index contributed by atoms with van der Waals surface area (Å²) in [4.78, 5) is 13.4. The van der Waals surface area contributed by atoms with Gasteiger partial charge in [-0.15, -0.1) is 0 Å². The number of aryl methyl sites for hydroxylation is 1. The Morgan fingerprint density at radius 1 is 1.28 bits per heavy atom. The molecule has 6 nitrogen and oxygen atoms in total. The average molecular weight is 373 g/mol. The highest BCUT2D eigenvalue weighted by molar-refractivity contribution is 7.86. The predicted molar refractivity (Wildman–Crippen MR) is 90.6 cm³/mol. The van der Waals surface area contributed by atoms with Gasteiger partial charge in [0.15, 0.2) is 0 Å². The summed E-state index contributed by atoms with van der Waals surface area (Å²) in [6.45, 7) is 6.53. The second-order valence-electron chi connectivity index (χ2n) is 7.17. The maximum Gasteiger partial charge on any atom is 0.410 e. The molecular weight excluding hydrogens is 349 g/mol. The number of likely N-dealkylation sites (tertiary alicyclic amines) is 1. The first kappa shape index (κ1) is 19.7. The van der Waals surface area contributed by atoms with Crippen molar-refractivity contribution in [3.63, 3.8) is 0 Å². The van der Waals surface area contributed by atoms with Gasteiger partial charge in [0.1, 0.15) is 11.8 Å². The topological polar surface area (TPSA) is 72.9 Å². The molecule has 0 aliphatic carbocycles. The number of hydrogen-bond donors (Lipinski definition) is 0. The van der Waals surface area contributed by atoms with Crippen LogP contribution in [0.25, 0.3) is 0 Å². The van der Waals surface area contributed by atoms with Crippen LogP contribution in [0.15, 0.2) is 29.2 Å². The number of nitrogens with zero attached hydrogens (tertiary/aromatic N) is 1. The number of carbonyl (C=O) groups is 1. The van der Waals surface area contributed by atoms with Crippen molar-refractivity contribution in [2.75, 3.05) is 13.2 Å². The van der Waals surface area contributed by atoms with Crippen LogP contribution in [0.4, 0.5) is 9.18 Å². The first-order valence-corrected chi connectivity index (χ1v) is 9.48. The van der Waals surface area contributed by atoms with Gasteiger partial charge < -0.3 is 4.74 Å². The van der Waals surface area contributed by atoms with Gasteiger partial charge in [0.25, 0.3) is 10.1 Å². The highest BCUT2D eigenvalue weighted by Crippen LogP contribution is 2.24. The summed E-state index contributed by atoms with van der Waals surface area (Å²) in [5.74, 6) is 0. The van der Waals surface area contributed by atoms with Gasteiger partial charge in [-0.2, -0.15) is 8.42 Å². The van der Waals surface area contributed by atoms with Crippen molar-refractivity contribution in [3.05, 3.63) is 29.8 Å². The fourth-order valence-corrected chi connectivity index (χ4v) is 3.44. The van der Waals surface area contributed by atoms with E-state index in [0.717, 1.165) is 5.56 Å². The van der Waals surface area contributed by atoms with E-state index in [-0.39, 0.29) is 24.5 Å². The molecular formula is C17H24FNO5S. The normalized spacial score (nSPS) is 21.4. The Balaban J connectivity index is 2.04. The van der Waals surface area contributed by atoms with Gasteiger partial charge in [-0.05, 0) is 39.8 Å². The molecule has 0 bridgehead atoms. The minimum atomic E-state index is -3.97. The highest BCUT2D eigenvalue weighted by Gasteiger charge is 2.38. The van der Waals surface area contributed by atoms with Crippen LogP contribution in [0.2, 0.25) is 0 Å². The average Bonchev–Trinajstić information content (AvgIpc) is 2.85. The number of amides is 1. The van der Waals surface area contributed by atoms with E-state index in [1.54, 1.807) is 32.9 Å². The molecule has 1 heterocycles. The molecule has 1 amide bonds. The van der Waals surface area contributed by atoms with Crippen LogP contribution in [0, 0.1) is 6.92 Å². The van der Waals surface area contributed by atoms with Gasteiger partial charge in [-0.1, -0.05) is 17.7 Å². The molecule has 0 unspecified atom stereocenters. The van der Waals surface area contributed by atoms with Crippen LogP contribution in [-0.4, -0.2) is 50.4 Å². The van der Waals surface area contributed by atoms with E-state index >= 15 is 0 Å². The molecule has 1 aromatic carbocycles. The first-order valence-electron chi connectivity index (χ1n) is 8.08. The van der Waals surface area contributed by atoms with Crippen molar-refractivity contribution in [1.82, 2.24) is 4.90 Å². The number of benzene rings is 1. The van der Waals surface area contributed by atoms with Crippen molar-refractivity contribution in [2.24, 2.45) is 0 Å². The van der Waals surface area contributed by atoms with Gasteiger partial charge in [0, 0.05) is 6.42 Å². The summed E-state index contributed by atoms with van der Waals surface area (Å²) < 4.78 is 48.5. The van der Waals surface area contributed by atoms with Gasteiger partial charge in [-0.3, -0.25) is 9.08 Å². The van der Waals surface area contributed by atoms with Crippen LogP contribution >= 0.6 is 0 Å². The van der Waals surface area contributed by atoms with Gasteiger partial charge >= 0.3 is 6.09 Å². The summed E-state index contributed by atoms with van der Waals surface area (Å²) in [6.07, 6.45) is -1.89. The largest absolute Gasteiger partial charge is 0.444 e. The Bertz CT molecular complexity index is 712. The van der Waals surface area contributed by atoms with Gasteiger partial charge in [0.05, 0.1) is 24.1 Å². The molecule has 0 radical (unpaired) electrons. The second-order valence-corrected chi connectivity index (χ2v) is 8.79. The molecule has 1 fully saturated rings. The lowest BCUT2D eigenvalue weighted by atomic mass is 10.2. The second kappa shape index (κ2) is 7.29. The third-order valence-electron chi connectivity index (χ3n) is 3.72. The number of rotatable bonds is 4.